The van der Waals surface area contributed by atoms with Gasteiger partial charge in [0.25, 0.3) is 0 Å². The molecule has 76 valence electrons. The summed E-state index contributed by atoms with van der Waals surface area (Å²) in [5.74, 6) is -0.325. The molecule has 5 heteroatoms. The fourth-order valence-corrected chi connectivity index (χ4v) is 1.48. The normalized spacial score (nSPS) is 10.2. The Bertz CT molecular complexity index is 529. The fraction of sp³-hybridized carbons (Fsp3) is 0.222. The third kappa shape index (κ3) is 1.32. The Morgan fingerprint density at radius 1 is 1.14 bits per heavy atom. The summed E-state index contributed by atoms with van der Waals surface area (Å²) in [7, 11) is 3.30. The molecule has 0 aliphatic carbocycles. The summed E-state index contributed by atoms with van der Waals surface area (Å²) in [4.78, 5) is 11.4. The summed E-state index contributed by atoms with van der Waals surface area (Å²) in [6.07, 6.45) is 0. The molecule has 2 aromatic rings. The number of aryl methyl sites for hydroxylation is 2. The second kappa shape index (κ2) is 3.46. The van der Waals surface area contributed by atoms with Gasteiger partial charge in [0.2, 0.25) is 0 Å². The van der Waals surface area contributed by atoms with E-state index in [0.717, 1.165) is 5.52 Å². The van der Waals surface area contributed by atoms with Crippen LogP contribution in [-0.4, -0.2) is 9.13 Å². The Hall–Kier alpha value is -1.29. The second-order valence-electron chi connectivity index (χ2n) is 3.03. The largest absolute Gasteiger partial charge is 0.328 e. The highest BCUT2D eigenvalue weighted by atomic mass is 35.5. The van der Waals surface area contributed by atoms with Crippen molar-refractivity contribution in [3.63, 3.8) is 0 Å². The lowest BCUT2D eigenvalue weighted by Gasteiger charge is -1.93. The standard InChI is InChI=1S/C9H9FN2O.ClH/c1-11-7-4-3-6(10)5-8(7)12(2)9(11)13;/h3-5H,1-2H3;1H. The molecular weight excluding hydrogens is 207 g/mol. The van der Waals surface area contributed by atoms with Gasteiger partial charge in [-0.2, -0.15) is 0 Å². The van der Waals surface area contributed by atoms with Gasteiger partial charge in [-0.25, -0.2) is 9.18 Å². The average molecular weight is 217 g/mol. The number of hydrogen-bond donors (Lipinski definition) is 0. The molecule has 14 heavy (non-hydrogen) atoms. The third-order valence-electron chi connectivity index (χ3n) is 2.23. The summed E-state index contributed by atoms with van der Waals surface area (Å²) in [6.45, 7) is 0. The maximum atomic E-state index is 12.8. The molecule has 3 nitrogen and oxygen atoms in total. The van der Waals surface area contributed by atoms with Crippen molar-refractivity contribution in [3.05, 3.63) is 34.5 Å². The van der Waals surface area contributed by atoms with Crippen LogP contribution in [0.25, 0.3) is 11.0 Å². The molecule has 0 aliphatic heterocycles. The van der Waals surface area contributed by atoms with E-state index in [4.69, 9.17) is 0 Å². The van der Waals surface area contributed by atoms with Gasteiger partial charge in [-0.15, -0.1) is 12.4 Å². The lowest BCUT2D eigenvalue weighted by Crippen LogP contribution is -2.19. The Kier molecular flexibility index (Phi) is 2.66. The monoisotopic (exact) mass is 216 g/mol. The van der Waals surface area contributed by atoms with Crippen LogP contribution in [0.5, 0.6) is 0 Å². The van der Waals surface area contributed by atoms with E-state index in [-0.39, 0.29) is 23.9 Å². The molecule has 0 unspecified atom stereocenters. The Balaban J connectivity index is 0.000000980. The average Bonchev–Trinajstić information content (AvgIpc) is 2.32. The van der Waals surface area contributed by atoms with E-state index < -0.39 is 0 Å². The molecule has 0 aliphatic rings. The molecule has 0 saturated carbocycles. The maximum absolute atomic E-state index is 12.8. The van der Waals surface area contributed by atoms with Crippen molar-refractivity contribution in [2.24, 2.45) is 14.1 Å². The Morgan fingerprint density at radius 3 is 2.36 bits per heavy atom. The molecule has 0 fully saturated rings. The van der Waals surface area contributed by atoms with E-state index in [9.17, 15) is 9.18 Å². The van der Waals surface area contributed by atoms with E-state index in [1.807, 2.05) is 0 Å². The Morgan fingerprint density at radius 2 is 1.71 bits per heavy atom. The smallest absolute Gasteiger partial charge is 0.295 e. The minimum absolute atomic E-state index is 0. The van der Waals surface area contributed by atoms with E-state index in [1.165, 1.54) is 21.3 Å². The summed E-state index contributed by atoms with van der Waals surface area (Å²) in [5.41, 5.74) is 1.22. The van der Waals surface area contributed by atoms with Crippen molar-refractivity contribution in [1.29, 1.82) is 0 Å². The molecule has 0 saturated heterocycles. The van der Waals surface area contributed by atoms with Crippen LogP contribution in [0, 0.1) is 5.82 Å². The number of hydrogen-bond acceptors (Lipinski definition) is 1. The van der Waals surface area contributed by atoms with Crippen molar-refractivity contribution in [2.45, 2.75) is 0 Å². The maximum Gasteiger partial charge on any atom is 0.328 e. The van der Waals surface area contributed by atoms with Gasteiger partial charge in [0.15, 0.2) is 0 Å². The fourth-order valence-electron chi connectivity index (χ4n) is 1.48. The van der Waals surface area contributed by atoms with Gasteiger partial charge in [0, 0.05) is 14.1 Å². The summed E-state index contributed by atoms with van der Waals surface area (Å²) in [5, 5.41) is 0. The number of benzene rings is 1. The number of nitrogens with zero attached hydrogens (tertiary/aromatic N) is 2. The van der Waals surface area contributed by atoms with E-state index >= 15 is 0 Å². The molecule has 2 rings (SSSR count). The first-order chi connectivity index (χ1) is 6.11. The summed E-state index contributed by atoms with van der Waals surface area (Å²) >= 11 is 0. The first kappa shape index (κ1) is 10.8. The highest BCUT2D eigenvalue weighted by Crippen LogP contribution is 2.12. The summed E-state index contributed by atoms with van der Waals surface area (Å²) < 4.78 is 15.8. The number of rotatable bonds is 0. The molecule has 0 bridgehead atoms. The minimum atomic E-state index is -0.325. The van der Waals surface area contributed by atoms with Crippen molar-refractivity contribution in [3.8, 4) is 0 Å². The first-order valence-electron chi connectivity index (χ1n) is 3.92. The third-order valence-corrected chi connectivity index (χ3v) is 2.23. The van der Waals surface area contributed by atoms with Crippen LogP contribution in [0.15, 0.2) is 23.0 Å². The lowest BCUT2D eigenvalue weighted by molar-refractivity contribution is 0.628. The van der Waals surface area contributed by atoms with Gasteiger partial charge in [-0.3, -0.25) is 9.13 Å². The van der Waals surface area contributed by atoms with Crippen LogP contribution in [0.3, 0.4) is 0 Å². The predicted molar refractivity (Wildman–Crippen MR) is 55.4 cm³/mol. The summed E-state index contributed by atoms with van der Waals surface area (Å²) in [6, 6.07) is 4.31. The highest BCUT2D eigenvalue weighted by Gasteiger charge is 2.07. The van der Waals surface area contributed by atoms with E-state index in [1.54, 1.807) is 20.2 Å². The van der Waals surface area contributed by atoms with Crippen LogP contribution < -0.4 is 5.69 Å². The van der Waals surface area contributed by atoms with Gasteiger partial charge < -0.3 is 0 Å². The van der Waals surface area contributed by atoms with E-state index in [0.29, 0.717) is 5.52 Å². The molecule has 1 heterocycles. The molecule has 0 amide bonds. The molecule has 0 spiro atoms. The van der Waals surface area contributed by atoms with Gasteiger partial charge in [0.1, 0.15) is 5.82 Å². The van der Waals surface area contributed by atoms with Crippen molar-refractivity contribution < 1.29 is 4.39 Å². The van der Waals surface area contributed by atoms with Crippen LogP contribution in [0.4, 0.5) is 4.39 Å². The molecular formula is C9H10ClFN2O. The van der Waals surface area contributed by atoms with Crippen molar-refractivity contribution >= 4 is 23.4 Å². The molecule has 1 aromatic carbocycles. The molecule has 1 aromatic heterocycles. The number of fused-ring (bicyclic) bond motifs is 1. The van der Waals surface area contributed by atoms with Gasteiger partial charge >= 0.3 is 5.69 Å². The van der Waals surface area contributed by atoms with Gasteiger partial charge in [0.05, 0.1) is 11.0 Å². The zero-order chi connectivity index (χ0) is 9.59. The topological polar surface area (TPSA) is 26.9 Å². The SMILES string of the molecule is Cl.Cn1c(=O)n(C)c2cc(F)ccc21. The molecule has 0 N–H and O–H groups in total. The predicted octanol–water partition coefficient (Wildman–Crippen LogP) is 1.44. The van der Waals surface area contributed by atoms with Crippen LogP contribution in [-0.2, 0) is 14.1 Å². The van der Waals surface area contributed by atoms with Gasteiger partial charge in [-0.1, -0.05) is 0 Å². The Labute approximate surface area is 86.2 Å². The van der Waals surface area contributed by atoms with Crippen molar-refractivity contribution in [1.82, 2.24) is 9.13 Å². The van der Waals surface area contributed by atoms with Crippen molar-refractivity contribution in [2.75, 3.05) is 0 Å². The zero-order valence-electron chi connectivity index (χ0n) is 7.82. The number of aromatic nitrogens is 2. The minimum Gasteiger partial charge on any atom is -0.295 e. The highest BCUT2D eigenvalue weighted by molar-refractivity contribution is 5.85. The lowest BCUT2D eigenvalue weighted by atomic mass is 10.3. The number of halogens is 2. The van der Waals surface area contributed by atoms with Crippen LogP contribution in [0.2, 0.25) is 0 Å². The van der Waals surface area contributed by atoms with Crippen LogP contribution >= 0.6 is 12.4 Å². The quantitative estimate of drug-likeness (QED) is 0.655. The zero-order valence-corrected chi connectivity index (χ0v) is 8.64. The van der Waals surface area contributed by atoms with E-state index in [2.05, 4.69) is 0 Å². The molecule has 0 radical (unpaired) electrons. The van der Waals surface area contributed by atoms with Gasteiger partial charge in [-0.05, 0) is 18.2 Å². The first-order valence-corrected chi connectivity index (χ1v) is 3.92. The molecule has 0 atom stereocenters. The second-order valence-corrected chi connectivity index (χ2v) is 3.03. The van der Waals surface area contributed by atoms with Crippen LogP contribution in [0.1, 0.15) is 0 Å². The number of imidazole rings is 1.